The molecule has 3 fully saturated rings. The lowest BCUT2D eigenvalue weighted by Gasteiger charge is -2.48. The van der Waals surface area contributed by atoms with Crippen molar-refractivity contribution in [1.82, 2.24) is 0 Å². The summed E-state index contributed by atoms with van der Waals surface area (Å²) in [6.07, 6.45) is -14.8. The largest absolute Gasteiger partial charge is 0.459 e. The molecule has 14 nitrogen and oxygen atoms in total. The maximum Gasteiger partial charge on any atom is 0.338 e. The average molecular weight is 716 g/mol. The number of nitrogens with one attached hydrogen (secondary N) is 1. The number of rotatable bonds is 10. The average Bonchev–Trinajstić information content (AvgIpc) is 3.13. The third-order valence-electron chi connectivity index (χ3n) is 8.48. The summed E-state index contributed by atoms with van der Waals surface area (Å²) in [6.45, 7) is 0.731. The van der Waals surface area contributed by atoms with Gasteiger partial charge in [0.15, 0.2) is 18.9 Å². The minimum absolute atomic E-state index is 0.0113. The number of fused-ring (bicyclic) bond motifs is 1. The Morgan fingerprint density at radius 2 is 1.56 bits per heavy atom. The summed E-state index contributed by atoms with van der Waals surface area (Å²) in [5.41, 5.74) is 1.89. The van der Waals surface area contributed by atoms with E-state index >= 15 is 0 Å². The van der Waals surface area contributed by atoms with Gasteiger partial charge in [-0.1, -0.05) is 66.2 Å². The highest BCUT2D eigenvalue weighted by Gasteiger charge is 2.53. The highest BCUT2D eigenvalue weighted by Crippen LogP contribution is 2.36. The van der Waals surface area contributed by atoms with Crippen molar-refractivity contribution < 1.29 is 63.2 Å². The molecule has 0 spiro atoms. The zero-order valence-electron chi connectivity index (χ0n) is 26.8. The second-order valence-corrected chi connectivity index (χ2v) is 12.5. The lowest BCUT2D eigenvalue weighted by Crippen LogP contribution is -2.66. The van der Waals surface area contributed by atoms with Crippen LogP contribution in [0.2, 0.25) is 5.02 Å². The Bertz CT molecular complexity index is 1600. The molecule has 0 bridgehead atoms. The van der Waals surface area contributed by atoms with Crippen LogP contribution in [0.1, 0.15) is 34.7 Å². The first-order chi connectivity index (χ1) is 24.1. The van der Waals surface area contributed by atoms with Gasteiger partial charge >= 0.3 is 5.97 Å². The molecule has 3 saturated heterocycles. The van der Waals surface area contributed by atoms with Crippen molar-refractivity contribution in [3.05, 3.63) is 101 Å². The molecule has 268 valence electrons. The number of esters is 1. The van der Waals surface area contributed by atoms with Gasteiger partial charge in [0.25, 0.3) is 0 Å². The number of anilines is 1. The monoisotopic (exact) mass is 715 g/mol. The fraction of sp³-hybridized carbons (Fsp3) is 0.429. The van der Waals surface area contributed by atoms with Gasteiger partial charge in [-0.25, -0.2) is 4.79 Å². The van der Waals surface area contributed by atoms with E-state index in [2.05, 4.69) is 5.32 Å². The van der Waals surface area contributed by atoms with Crippen molar-refractivity contribution in [3.63, 3.8) is 0 Å². The minimum Gasteiger partial charge on any atom is -0.459 e. The molecule has 3 heterocycles. The molecule has 11 atom stereocenters. The first-order valence-electron chi connectivity index (χ1n) is 16.0. The topological polar surface area (TPSA) is 192 Å². The van der Waals surface area contributed by atoms with Crippen molar-refractivity contribution in [2.45, 2.75) is 81.2 Å². The van der Waals surface area contributed by atoms with Crippen LogP contribution in [0.25, 0.3) is 0 Å². The molecule has 5 N–H and O–H groups in total. The number of hydrogen-bond donors (Lipinski definition) is 5. The van der Waals surface area contributed by atoms with Crippen LogP contribution in [0.4, 0.5) is 5.69 Å². The molecule has 3 aliphatic heterocycles. The summed E-state index contributed by atoms with van der Waals surface area (Å²) in [5, 5.41) is 47.5. The molecular formula is C35H38ClNO13. The van der Waals surface area contributed by atoms with Crippen LogP contribution in [0.3, 0.4) is 0 Å². The van der Waals surface area contributed by atoms with E-state index in [0.717, 1.165) is 5.56 Å². The van der Waals surface area contributed by atoms with Crippen molar-refractivity contribution in [2.24, 2.45) is 0 Å². The van der Waals surface area contributed by atoms with Gasteiger partial charge in [0, 0.05) is 12.5 Å². The number of carbonyl (C=O) groups is 2. The number of halogens is 1. The smallest absolute Gasteiger partial charge is 0.338 e. The van der Waals surface area contributed by atoms with Gasteiger partial charge in [0.1, 0.15) is 55.4 Å². The van der Waals surface area contributed by atoms with Crippen LogP contribution >= 0.6 is 11.6 Å². The van der Waals surface area contributed by atoms with E-state index in [1.54, 1.807) is 60.7 Å². The normalized spacial score (nSPS) is 32.5. The Hall–Kier alpha value is -3.51. The standard InChI is InChI=1S/C35H38ClNO13/c1-18(38)37-23-14-19(12-13-22(23)36)15-45-34-28(41)26(39)31(24(47-34)16-44-32(43)20-8-4-2-5-9-20)50-35-29(42)27(40)30-25(48-35)17-46-33(49-30)21-10-6-3-7-11-21/h2-14,24-31,33-35,39-42H,15-17H2,1H3,(H,37,38). The number of aliphatic hydroxyl groups excluding tert-OH is 4. The summed E-state index contributed by atoms with van der Waals surface area (Å²) in [6, 6.07) is 22.1. The van der Waals surface area contributed by atoms with Gasteiger partial charge in [0.2, 0.25) is 5.91 Å². The predicted octanol–water partition coefficient (Wildman–Crippen LogP) is 2.06. The molecule has 3 aromatic carbocycles. The SMILES string of the molecule is CC(=O)Nc1cc(COC2OC(COC(=O)c3ccccc3)C(OC3OC4COC(c5ccccc5)OC4C(O)C3O)C(O)C2O)ccc1Cl. The van der Waals surface area contributed by atoms with E-state index in [1.165, 1.54) is 6.92 Å². The van der Waals surface area contributed by atoms with E-state index in [-0.39, 0.29) is 24.7 Å². The van der Waals surface area contributed by atoms with Gasteiger partial charge in [-0.05, 0) is 29.8 Å². The molecule has 11 unspecified atom stereocenters. The molecule has 0 aromatic heterocycles. The van der Waals surface area contributed by atoms with E-state index in [4.69, 9.17) is 44.8 Å². The summed E-state index contributed by atoms with van der Waals surface area (Å²) >= 11 is 6.17. The van der Waals surface area contributed by atoms with Crippen LogP contribution in [-0.2, 0) is 44.6 Å². The molecule has 15 heteroatoms. The van der Waals surface area contributed by atoms with Crippen LogP contribution in [0, 0.1) is 0 Å². The first-order valence-corrected chi connectivity index (χ1v) is 16.4. The summed E-state index contributed by atoms with van der Waals surface area (Å²) in [5.74, 6) is -1.01. The summed E-state index contributed by atoms with van der Waals surface area (Å²) in [4.78, 5) is 24.4. The molecule has 0 radical (unpaired) electrons. The van der Waals surface area contributed by atoms with E-state index in [9.17, 15) is 30.0 Å². The van der Waals surface area contributed by atoms with Crippen molar-refractivity contribution in [2.75, 3.05) is 18.5 Å². The van der Waals surface area contributed by atoms with Gasteiger partial charge in [-0.2, -0.15) is 0 Å². The zero-order chi connectivity index (χ0) is 35.4. The molecule has 0 saturated carbocycles. The number of aliphatic hydroxyl groups is 4. The number of amides is 1. The van der Waals surface area contributed by atoms with Crippen LogP contribution in [-0.4, -0.2) is 107 Å². The van der Waals surface area contributed by atoms with E-state index in [0.29, 0.717) is 16.3 Å². The van der Waals surface area contributed by atoms with Crippen molar-refractivity contribution in [1.29, 1.82) is 0 Å². The van der Waals surface area contributed by atoms with Crippen LogP contribution in [0.5, 0.6) is 0 Å². The molecular weight excluding hydrogens is 678 g/mol. The summed E-state index contributed by atoms with van der Waals surface area (Å²) in [7, 11) is 0. The Labute approximate surface area is 292 Å². The predicted molar refractivity (Wildman–Crippen MR) is 173 cm³/mol. The number of benzene rings is 3. The van der Waals surface area contributed by atoms with Crippen LogP contribution in [0.15, 0.2) is 78.9 Å². The Morgan fingerprint density at radius 1 is 0.860 bits per heavy atom. The maximum atomic E-state index is 12.8. The van der Waals surface area contributed by atoms with Crippen LogP contribution < -0.4 is 5.32 Å². The van der Waals surface area contributed by atoms with E-state index < -0.39 is 80.3 Å². The fourth-order valence-corrected chi connectivity index (χ4v) is 6.08. The molecule has 6 rings (SSSR count). The Morgan fingerprint density at radius 3 is 2.28 bits per heavy atom. The minimum atomic E-state index is -1.71. The molecule has 1 amide bonds. The lowest BCUT2D eigenvalue weighted by molar-refractivity contribution is -0.386. The van der Waals surface area contributed by atoms with Gasteiger partial charge in [0.05, 0.1) is 29.5 Å². The van der Waals surface area contributed by atoms with Crippen molar-refractivity contribution in [3.8, 4) is 0 Å². The lowest BCUT2D eigenvalue weighted by atomic mass is 9.96. The summed E-state index contributed by atoms with van der Waals surface area (Å²) < 4.78 is 41.1. The van der Waals surface area contributed by atoms with Gasteiger partial charge in [-0.15, -0.1) is 0 Å². The number of ether oxygens (including phenoxy) is 7. The second-order valence-electron chi connectivity index (χ2n) is 12.1. The highest BCUT2D eigenvalue weighted by molar-refractivity contribution is 6.33. The molecule has 3 aromatic rings. The van der Waals surface area contributed by atoms with Crippen molar-refractivity contribution >= 4 is 29.2 Å². The molecule has 50 heavy (non-hydrogen) atoms. The third kappa shape index (κ3) is 8.33. The van der Waals surface area contributed by atoms with Gasteiger partial charge < -0.3 is 58.9 Å². The number of hydrogen-bond acceptors (Lipinski definition) is 13. The highest BCUT2D eigenvalue weighted by atomic mass is 35.5. The molecule has 3 aliphatic rings. The maximum absolute atomic E-state index is 12.8. The van der Waals surface area contributed by atoms with E-state index in [1.807, 2.05) is 18.2 Å². The first kappa shape index (κ1) is 36.3. The number of carbonyl (C=O) groups excluding carboxylic acids is 2. The van der Waals surface area contributed by atoms with Gasteiger partial charge in [-0.3, -0.25) is 4.79 Å². The fourth-order valence-electron chi connectivity index (χ4n) is 5.91. The zero-order valence-corrected chi connectivity index (χ0v) is 27.6. The third-order valence-corrected chi connectivity index (χ3v) is 8.81. The quantitative estimate of drug-likeness (QED) is 0.192. The Kier molecular flexibility index (Phi) is 11.8. The Balaban J connectivity index is 1.16. The second kappa shape index (κ2) is 16.2. The molecule has 0 aliphatic carbocycles.